The third-order valence-electron chi connectivity index (χ3n) is 3.16. The van der Waals surface area contributed by atoms with Gasteiger partial charge in [0.15, 0.2) is 0 Å². The molecule has 4 nitrogen and oxygen atoms in total. The van der Waals surface area contributed by atoms with Crippen LogP contribution in [0.4, 0.5) is 0 Å². The van der Waals surface area contributed by atoms with E-state index in [0.29, 0.717) is 13.0 Å². The van der Waals surface area contributed by atoms with Crippen LogP contribution in [0, 0.1) is 0 Å². The highest BCUT2D eigenvalue weighted by Crippen LogP contribution is 2.07. The maximum Gasteiger partial charge on any atom is 0.211 e. The van der Waals surface area contributed by atoms with Crippen molar-refractivity contribution in [3.05, 3.63) is 66.2 Å². The highest BCUT2D eigenvalue weighted by atomic mass is 32.2. The first-order valence-corrected chi connectivity index (χ1v) is 9.00. The first-order chi connectivity index (χ1) is 10.7. The van der Waals surface area contributed by atoms with Crippen molar-refractivity contribution >= 4 is 10.0 Å². The Hall–Kier alpha value is -1.85. The van der Waals surface area contributed by atoms with E-state index < -0.39 is 10.0 Å². The maximum atomic E-state index is 11.9. The molecule has 0 aliphatic heterocycles. The molecular formula is C17H21NO3S. The Morgan fingerprint density at radius 1 is 0.909 bits per heavy atom. The molecule has 0 aromatic heterocycles. The Labute approximate surface area is 132 Å². The molecule has 0 spiro atoms. The van der Waals surface area contributed by atoms with Gasteiger partial charge in [-0.2, -0.15) is 0 Å². The summed E-state index contributed by atoms with van der Waals surface area (Å²) in [5.74, 6) is 0.874. The molecule has 0 aliphatic rings. The summed E-state index contributed by atoms with van der Waals surface area (Å²) >= 11 is 0. The van der Waals surface area contributed by atoms with E-state index >= 15 is 0 Å². The number of para-hydroxylation sites is 1. The highest BCUT2D eigenvalue weighted by molar-refractivity contribution is 7.89. The first kappa shape index (κ1) is 16.5. The topological polar surface area (TPSA) is 55.4 Å². The summed E-state index contributed by atoms with van der Waals surface area (Å²) in [6, 6.07) is 19.2. The third-order valence-corrected chi connectivity index (χ3v) is 4.63. The van der Waals surface area contributed by atoms with Gasteiger partial charge in [-0.1, -0.05) is 48.5 Å². The van der Waals surface area contributed by atoms with Crippen molar-refractivity contribution in [3.8, 4) is 5.75 Å². The molecule has 5 heteroatoms. The minimum atomic E-state index is -3.24. The molecule has 0 atom stereocenters. The average Bonchev–Trinajstić information content (AvgIpc) is 2.53. The largest absolute Gasteiger partial charge is 0.492 e. The summed E-state index contributed by atoms with van der Waals surface area (Å²) < 4.78 is 31.7. The van der Waals surface area contributed by atoms with Crippen molar-refractivity contribution in [1.82, 2.24) is 4.72 Å². The summed E-state index contributed by atoms with van der Waals surface area (Å²) in [6.07, 6.45) is 1.38. The molecule has 0 radical (unpaired) electrons. The van der Waals surface area contributed by atoms with Gasteiger partial charge in [-0.3, -0.25) is 0 Å². The lowest BCUT2D eigenvalue weighted by atomic mass is 10.1. The quantitative estimate of drug-likeness (QED) is 0.723. The Morgan fingerprint density at radius 3 is 2.23 bits per heavy atom. The van der Waals surface area contributed by atoms with Crippen molar-refractivity contribution in [1.29, 1.82) is 0 Å². The van der Waals surface area contributed by atoms with Crippen molar-refractivity contribution in [2.45, 2.75) is 12.8 Å². The van der Waals surface area contributed by atoms with Gasteiger partial charge in [-0.25, -0.2) is 13.1 Å². The van der Waals surface area contributed by atoms with E-state index in [0.717, 1.165) is 17.7 Å². The second kappa shape index (κ2) is 8.56. The number of sulfonamides is 1. The molecule has 0 amide bonds. The van der Waals surface area contributed by atoms with Crippen LogP contribution < -0.4 is 9.46 Å². The van der Waals surface area contributed by atoms with E-state index in [1.807, 2.05) is 60.7 Å². The Balaban J connectivity index is 1.64. The summed E-state index contributed by atoms with van der Waals surface area (Å²) in [4.78, 5) is 0. The van der Waals surface area contributed by atoms with Crippen LogP contribution in [-0.4, -0.2) is 27.3 Å². The molecule has 0 unspecified atom stereocenters. The number of rotatable bonds is 9. The molecule has 1 N–H and O–H groups in total. The van der Waals surface area contributed by atoms with Gasteiger partial charge in [0, 0.05) is 6.54 Å². The van der Waals surface area contributed by atoms with Gasteiger partial charge in [-0.15, -0.1) is 0 Å². The number of ether oxygens (including phenoxy) is 1. The minimum absolute atomic E-state index is 0.132. The third kappa shape index (κ3) is 6.28. The Kier molecular flexibility index (Phi) is 6.43. The van der Waals surface area contributed by atoms with E-state index in [4.69, 9.17) is 4.74 Å². The van der Waals surface area contributed by atoms with Crippen LogP contribution in [0.3, 0.4) is 0 Å². The Morgan fingerprint density at radius 2 is 1.55 bits per heavy atom. The predicted octanol–water partition coefficient (Wildman–Crippen LogP) is 2.62. The van der Waals surface area contributed by atoms with E-state index in [1.54, 1.807) is 0 Å². The van der Waals surface area contributed by atoms with Gasteiger partial charge in [0.25, 0.3) is 0 Å². The molecule has 0 bridgehead atoms. The zero-order chi connectivity index (χ0) is 15.7. The molecule has 0 aliphatic carbocycles. The van der Waals surface area contributed by atoms with Crippen LogP contribution >= 0.6 is 0 Å². The normalized spacial score (nSPS) is 11.3. The van der Waals surface area contributed by atoms with E-state index in [-0.39, 0.29) is 12.3 Å². The average molecular weight is 319 g/mol. The molecule has 0 heterocycles. The lowest BCUT2D eigenvalue weighted by Gasteiger charge is -2.08. The molecule has 0 fully saturated rings. The van der Waals surface area contributed by atoms with Gasteiger partial charge in [0.05, 0.1) is 5.75 Å². The fraction of sp³-hybridized carbons (Fsp3) is 0.294. The SMILES string of the molecule is O=S(=O)(CCCc1ccccc1)NCCOc1ccccc1. The molecule has 0 saturated heterocycles. The lowest BCUT2D eigenvalue weighted by molar-refractivity contribution is 0.323. The second-order valence-electron chi connectivity index (χ2n) is 4.96. The van der Waals surface area contributed by atoms with Crippen molar-refractivity contribution < 1.29 is 13.2 Å². The van der Waals surface area contributed by atoms with Gasteiger partial charge in [0.2, 0.25) is 10.0 Å². The van der Waals surface area contributed by atoms with Gasteiger partial charge < -0.3 is 4.74 Å². The number of nitrogens with one attached hydrogen (secondary N) is 1. The summed E-state index contributed by atoms with van der Waals surface area (Å²) in [5.41, 5.74) is 1.16. The van der Waals surface area contributed by atoms with Crippen LogP contribution in [0.2, 0.25) is 0 Å². The number of benzene rings is 2. The van der Waals surface area contributed by atoms with Crippen LogP contribution in [0.25, 0.3) is 0 Å². The smallest absolute Gasteiger partial charge is 0.211 e. The molecule has 2 aromatic rings. The first-order valence-electron chi connectivity index (χ1n) is 7.35. The predicted molar refractivity (Wildman–Crippen MR) is 88.5 cm³/mol. The molecule has 2 aromatic carbocycles. The molecule has 0 saturated carbocycles. The monoisotopic (exact) mass is 319 g/mol. The zero-order valence-corrected chi connectivity index (χ0v) is 13.3. The summed E-state index contributed by atoms with van der Waals surface area (Å²) in [5, 5.41) is 0. The lowest BCUT2D eigenvalue weighted by Crippen LogP contribution is -2.30. The molecule has 118 valence electrons. The summed E-state index contributed by atoms with van der Waals surface area (Å²) in [6.45, 7) is 0.602. The van der Waals surface area contributed by atoms with Crippen molar-refractivity contribution in [2.75, 3.05) is 18.9 Å². The maximum absolute atomic E-state index is 11.9. The van der Waals surface area contributed by atoms with E-state index in [1.165, 1.54) is 0 Å². The van der Waals surface area contributed by atoms with Gasteiger partial charge in [-0.05, 0) is 30.5 Å². The number of aryl methyl sites for hydroxylation is 1. The van der Waals surface area contributed by atoms with Crippen LogP contribution in [0.1, 0.15) is 12.0 Å². The van der Waals surface area contributed by atoms with Crippen LogP contribution in [0.15, 0.2) is 60.7 Å². The van der Waals surface area contributed by atoms with Crippen molar-refractivity contribution in [2.24, 2.45) is 0 Å². The van der Waals surface area contributed by atoms with Crippen molar-refractivity contribution in [3.63, 3.8) is 0 Å². The number of hydrogen-bond acceptors (Lipinski definition) is 3. The van der Waals surface area contributed by atoms with E-state index in [2.05, 4.69) is 4.72 Å². The van der Waals surface area contributed by atoms with Gasteiger partial charge in [0.1, 0.15) is 12.4 Å². The zero-order valence-electron chi connectivity index (χ0n) is 12.4. The minimum Gasteiger partial charge on any atom is -0.492 e. The van der Waals surface area contributed by atoms with E-state index in [9.17, 15) is 8.42 Å². The second-order valence-corrected chi connectivity index (χ2v) is 6.89. The fourth-order valence-electron chi connectivity index (χ4n) is 2.07. The molecule has 22 heavy (non-hydrogen) atoms. The Bertz CT molecular complexity index is 642. The standard InChI is InChI=1S/C17H21NO3S/c19-22(20,15-7-10-16-8-3-1-4-9-16)18-13-14-21-17-11-5-2-6-12-17/h1-6,8-9,11-12,18H,7,10,13-15H2. The molecule has 2 rings (SSSR count). The van der Waals surface area contributed by atoms with Crippen LogP contribution in [0.5, 0.6) is 5.75 Å². The highest BCUT2D eigenvalue weighted by Gasteiger charge is 2.09. The van der Waals surface area contributed by atoms with Crippen LogP contribution in [-0.2, 0) is 16.4 Å². The number of hydrogen-bond donors (Lipinski definition) is 1. The molecular weight excluding hydrogens is 298 g/mol. The fourth-order valence-corrected chi connectivity index (χ4v) is 3.13. The summed E-state index contributed by atoms with van der Waals surface area (Å²) in [7, 11) is -3.24. The van der Waals surface area contributed by atoms with Gasteiger partial charge >= 0.3 is 0 Å².